The Morgan fingerprint density at radius 1 is 1.03 bits per heavy atom. The minimum atomic E-state index is -0.272. The maximum Gasteiger partial charge on any atom is 0.250 e. The number of hydrogen-bond acceptors (Lipinski definition) is 6. The van der Waals surface area contributed by atoms with E-state index < -0.39 is 0 Å². The molecule has 37 heavy (non-hydrogen) atoms. The lowest BCUT2D eigenvalue weighted by Crippen LogP contribution is -2.07. The molecule has 4 aromatic rings. The number of amides is 1. The topological polar surface area (TPSA) is 69.7 Å². The number of nitrogens with zero attached hydrogens (tertiary/aromatic N) is 1. The summed E-state index contributed by atoms with van der Waals surface area (Å²) in [5.74, 6) is 1.75. The van der Waals surface area contributed by atoms with E-state index in [1.165, 1.54) is 17.4 Å². The van der Waals surface area contributed by atoms with Crippen molar-refractivity contribution in [1.82, 2.24) is 4.98 Å². The van der Waals surface area contributed by atoms with Crippen LogP contribution in [0.4, 0.5) is 5.13 Å². The van der Waals surface area contributed by atoms with Gasteiger partial charge in [-0.05, 0) is 72.2 Å². The highest BCUT2D eigenvalue weighted by Gasteiger charge is 2.08. The molecule has 1 heterocycles. The fourth-order valence-corrected chi connectivity index (χ4v) is 4.22. The quantitative estimate of drug-likeness (QED) is 0.202. The Bertz CT molecular complexity index is 1350. The third-order valence-electron chi connectivity index (χ3n) is 5.28. The van der Waals surface area contributed by atoms with E-state index in [0.717, 1.165) is 34.6 Å². The van der Waals surface area contributed by atoms with Crippen molar-refractivity contribution in [2.45, 2.75) is 20.0 Å². The van der Waals surface area contributed by atoms with Gasteiger partial charge in [0.2, 0.25) is 5.91 Å². The van der Waals surface area contributed by atoms with E-state index >= 15 is 0 Å². The van der Waals surface area contributed by atoms with Gasteiger partial charge in [-0.2, -0.15) is 0 Å². The van der Waals surface area contributed by atoms with E-state index in [9.17, 15) is 4.79 Å². The molecule has 0 aliphatic heterocycles. The van der Waals surface area contributed by atoms with Crippen LogP contribution in [-0.2, 0) is 11.4 Å². The molecule has 0 radical (unpaired) electrons. The van der Waals surface area contributed by atoms with Crippen LogP contribution in [0.5, 0.6) is 17.2 Å². The van der Waals surface area contributed by atoms with Crippen LogP contribution in [0.1, 0.15) is 24.5 Å². The first-order valence-electron chi connectivity index (χ1n) is 11.8. The fraction of sp³-hybridized carbons (Fsp3) is 0.172. The largest absolute Gasteiger partial charge is 0.494 e. The number of aromatic nitrogens is 1. The van der Waals surface area contributed by atoms with Gasteiger partial charge >= 0.3 is 0 Å². The van der Waals surface area contributed by atoms with Crippen molar-refractivity contribution in [3.8, 4) is 28.5 Å². The molecule has 190 valence electrons. The molecule has 0 bridgehead atoms. The zero-order valence-corrected chi connectivity index (χ0v) is 22.1. The number of halogens is 1. The summed E-state index contributed by atoms with van der Waals surface area (Å²) >= 11 is 7.31. The van der Waals surface area contributed by atoms with Crippen molar-refractivity contribution in [1.29, 1.82) is 0 Å². The summed E-state index contributed by atoms with van der Waals surface area (Å²) in [7, 11) is 1.58. The highest BCUT2D eigenvalue weighted by Crippen LogP contribution is 2.30. The third-order valence-corrected chi connectivity index (χ3v) is 6.29. The maximum absolute atomic E-state index is 12.5. The zero-order chi connectivity index (χ0) is 26.0. The number of hydrogen-bond donors (Lipinski definition) is 1. The van der Waals surface area contributed by atoms with Gasteiger partial charge in [0.05, 0.1) is 19.4 Å². The smallest absolute Gasteiger partial charge is 0.250 e. The number of carbonyl (C=O) groups excluding carboxylic acids is 1. The SMILES string of the molecule is CCCOc1ccc(-c2csc(NC(=O)/C=C/c3ccc(OCc4ccc(Cl)cc4)c(OC)c3)n2)cc1. The second-order valence-electron chi connectivity index (χ2n) is 8.06. The van der Waals surface area contributed by atoms with Gasteiger partial charge < -0.3 is 14.2 Å². The molecule has 0 spiro atoms. The number of methoxy groups -OCH3 is 1. The number of rotatable bonds is 11. The number of ether oxygens (including phenoxy) is 3. The predicted octanol–water partition coefficient (Wildman–Crippen LogP) is 7.49. The lowest BCUT2D eigenvalue weighted by molar-refractivity contribution is -0.111. The second-order valence-corrected chi connectivity index (χ2v) is 9.35. The molecule has 0 aliphatic rings. The Labute approximate surface area is 225 Å². The zero-order valence-electron chi connectivity index (χ0n) is 20.6. The van der Waals surface area contributed by atoms with Gasteiger partial charge in [0.1, 0.15) is 12.4 Å². The molecule has 8 heteroatoms. The van der Waals surface area contributed by atoms with E-state index in [0.29, 0.717) is 34.9 Å². The molecule has 1 N–H and O–H groups in total. The van der Waals surface area contributed by atoms with Crippen molar-refractivity contribution < 1.29 is 19.0 Å². The molecule has 0 unspecified atom stereocenters. The van der Waals surface area contributed by atoms with Crippen LogP contribution >= 0.6 is 22.9 Å². The third kappa shape index (κ3) is 7.59. The summed E-state index contributed by atoms with van der Waals surface area (Å²) in [6.07, 6.45) is 4.14. The number of nitrogens with one attached hydrogen (secondary N) is 1. The van der Waals surface area contributed by atoms with Crippen molar-refractivity contribution in [2.24, 2.45) is 0 Å². The highest BCUT2D eigenvalue weighted by atomic mass is 35.5. The molecule has 1 aromatic heterocycles. The first-order valence-corrected chi connectivity index (χ1v) is 13.0. The minimum absolute atomic E-state index is 0.272. The van der Waals surface area contributed by atoms with E-state index in [4.69, 9.17) is 25.8 Å². The first kappa shape index (κ1) is 26.3. The van der Waals surface area contributed by atoms with E-state index in [1.54, 1.807) is 13.2 Å². The Morgan fingerprint density at radius 3 is 2.54 bits per heavy atom. The molecule has 0 fully saturated rings. The van der Waals surface area contributed by atoms with Crippen LogP contribution in [0.2, 0.25) is 5.02 Å². The molecular weight excluding hydrogens is 508 g/mol. The molecule has 0 saturated carbocycles. The van der Waals surface area contributed by atoms with Gasteiger partial charge in [0, 0.05) is 22.0 Å². The molecular formula is C29H27ClN2O4S. The summed E-state index contributed by atoms with van der Waals surface area (Å²) in [4.78, 5) is 17.0. The summed E-state index contributed by atoms with van der Waals surface area (Å²) in [5.41, 5.74) is 3.55. The standard InChI is InChI=1S/C29H27ClN2O4S/c1-3-16-35-24-12-8-22(9-13-24)25-19-37-29(31-25)32-28(33)15-7-20-6-14-26(27(17-20)34-2)36-18-21-4-10-23(30)11-5-21/h4-15,17,19H,3,16,18H2,1-2H3,(H,31,32,33)/b15-7+. The van der Waals surface area contributed by atoms with Crippen LogP contribution in [0.25, 0.3) is 17.3 Å². The lowest BCUT2D eigenvalue weighted by atomic mass is 10.2. The van der Waals surface area contributed by atoms with Gasteiger partial charge in [-0.15, -0.1) is 11.3 Å². The van der Waals surface area contributed by atoms with Crippen LogP contribution in [0, 0.1) is 0 Å². The van der Waals surface area contributed by atoms with Crippen LogP contribution in [-0.4, -0.2) is 24.6 Å². The monoisotopic (exact) mass is 534 g/mol. The Morgan fingerprint density at radius 2 is 1.81 bits per heavy atom. The van der Waals surface area contributed by atoms with Gasteiger partial charge in [-0.25, -0.2) is 4.98 Å². The summed E-state index contributed by atoms with van der Waals surface area (Å²) in [6.45, 7) is 3.15. The average molecular weight is 535 g/mol. The van der Waals surface area contributed by atoms with Crippen LogP contribution in [0.3, 0.4) is 0 Å². The first-order chi connectivity index (χ1) is 18.0. The molecule has 3 aromatic carbocycles. The lowest BCUT2D eigenvalue weighted by Gasteiger charge is -2.11. The van der Waals surface area contributed by atoms with Gasteiger partial charge in [-0.3, -0.25) is 10.1 Å². The van der Waals surface area contributed by atoms with Gasteiger partial charge in [0.15, 0.2) is 16.6 Å². The average Bonchev–Trinajstić information content (AvgIpc) is 3.39. The highest BCUT2D eigenvalue weighted by molar-refractivity contribution is 7.14. The number of benzene rings is 3. The summed E-state index contributed by atoms with van der Waals surface area (Å²) in [6, 6.07) is 20.7. The Kier molecular flexibility index (Phi) is 9.18. The Balaban J connectivity index is 1.33. The normalized spacial score (nSPS) is 10.9. The molecule has 0 saturated heterocycles. The summed E-state index contributed by atoms with van der Waals surface area (Å²) in [5, 5.41) is 5.93. The molecule has 1 amide bonds. The molecule has 0 aliphatic carbocycles. The molecule has 0 atom stereocenters. The maximum atomic E-state index is 12.5. The number of thiazole rings is 1. The van der Waals surface area contributed by atoms with Crippen molar-refractivity contribution in [2.75, 3.05) is 19.0 Å². The van der Waals surface area contributed by atoms with E-state index in [1.807, 2.05) is 72.1 Å². The Hall–Kier alpha value is -3.81. The van der Waals surface area contributed by atoms with Crippen LogP contribution in [0.15, 0.2) is 78.2 Å². The second kappa shape index (κ2) is 12.9. The van der Waals surface area contributed by atoms with E-state index in [-0.39, 0.29) is 5.91 Å². The minimum Gasteiger partial charge on any atom is -0.494 e. The van der Waals surface area contributed by atoms with Gasteiger partial charge in [0.25, 0.3) is 0 Å². The van der Waals surface area contributed by atoms with Crippen LogP contribution < -0.4 is 19.5 Å². The number of anilines is 1. The fourth-order valence-electron chi connectivity index (χ4n) is 3.37. The van der Waals surface area contributed by atoms with Gasteiger partial charge in [-0.1, -0.05) is 36.7 Å². The van der Waals surface area contributed by atoms with Crippen molar-refractivity contribution in [3.05, 3.63) is 94.3 Å². The molecule has 4 rings (SSSR count). The summed E-state index contributed by atoms with van der Waals surface area (Å²) < 4.78 is 17.0. The van der Waals surface area contributed by atoms with Crippen molar-refractivity contribution in [3.63, 3.8) is 0 Å². The number of carbonyl (C=O) groups is 1. The van der Waals surface area contributed by atoms with Crippen molar-refractivity contribution >= 4 is 40.1 Å². The van der Waals surface area contributed by atoms with E-state index in [2.05, 4.69) is 17.2 Å². The predicted molar refractivity (Wildman–Crippen MR) is 150 cm³/mol. The molecule has 6 nitrogen and oxygen atoms in total.